The van der Waals surface area contributed by atoms with Crippen LogP contribution in [-0.2, 0) is 6.54 Å². The summed E-state index contributed by atoms with van der Waals surface area (Å²) < 4.78 is 0. The quantitative estimate of drug-likeness (QED) is 0.775. The fourth-order valence-electron chi connectivity index (χ4n) is 3.40. The summed E-state index contributed by atoms with van der Waals surface area (Å²) in [6, 6.07) is 13.9. The number of nitrogens with zero attached hydrogens (tertiary/aromatic N) is 2. The first kappa shape index (κ1) is 10.8. The molecule has 0 spiro atoms. The molecule has 0 amide bonds. The monoisotopic (exact) mass is 226 g/mol. The molecule has 1 aliphatic heterocycles. The molecule has 0 unspecified atom stereocenters. The average Bonchev–Trinajstić information content (AvgIpc) is 2.68. The Morgan fingerprint density at radius 2 is 2.06 bits per heavy atom. The predicted octanol–water partition coefficient (Wildman–Crippen LogP) is 2.81. The summed E-state index contributed by atoms with van der Waals surface area (Å²) >= 11 is 0. The summed E-state index contributed by atoms with van der Waals surface area (Å²) in [7, 11) is 0. The molecular weight excluding hydrogens is 208 g/mol. The molecule has 0 N–H and O–H groups in total. The van der Waals surface area contributed by atoms with Crippen LogP contribution >= 0.6 is 0 Å². The molecule has 3 atom stereocenters. The van der Waals surface area contributed by atoms with Crippen LogP contribution in [0, 0.1) is 23.2 Å². The van der Waals surface area contributed by atoms with Crippen molar-refractivity contribution in [1.82, 2.24) is 4.90 Å². The van der Waals surface area contributed by atoms with Crippen molar-refractivity contribution < 1.29 is 0 Å². The van der Waals surface area contributed by atoms with Gasteiger partial charge in [0.2, 0.25) is 0 Å². The maximum Gasteiger partial charge on any atom is 0.0659 e. The number of rotatable bonds is 2. The standard InChI is InChI=1S/C15H18N2/c16-9-13-6-7-15-8-14(13)11-17(15)10-12-4-2-1-3-5-12/h1-5,13-15H,6-8,10-11H2/t13-,14-,15+/m1/s1. The van der Waals surface area contributed by atoms with Crippen LogP contribution in [0.4, 0.5) is 0 Å². The fourth-order valence-corrected chi connectivity index (χ4v) is 3.40. The third kappa shape index (κ3) is 2.08. The number of likely N-dealkylation sites (tertiary alicyclic amines) is 1. The van der Waals surface area contributed by atoms with Gasteiger partial charge in [-0.2, -0.15) is 5.26 Å². The highest BCUT2D eigenvalue weighted by Crippen LogP contribution is 2.39. The molecule has 1 saturated heterocycles. The van der Waals surface area contributed by atoms with Crippen molar-refractivity contribution >= 4 is 0 Å². The average molecular weight is 226 g/mol. The Kier molecular flexibility index (Phi) is 2.86. The zero-order valence-corrected chi connectivity index (χ0v) is 10.0. The second-order valence-corrected chi connectivity index (χ2v) is 5.38. The van der Waals surface area contributed by atoms with E-state index in [1.54, 1.807) is 0 Å². The lowest BCUT2D eigenvalue weighted by Gasteiger charge is -2.25. The van der Waals surface area contributed by atoms with Crippen LogP contribution in [0.1, 0.15) is 24.8 Å². The van der Waals surface area contributed by atoms with E-state index in [1.807, 2.05) is 0 Å². The van der Waals surface area contributed by atoms with Gasteiger partial charge >= 0.3 is 0 Å². The third-order valence-electron chi connectivity index (χ3n) is 4.33. The van der Waals surface area contributed by atoms with Crippen LogP contribution in [0.3, 0.4) is 0 Å². The van der Waals surface area contributed by atoms with Gasteiger partial charge in [0.25, 0.3) is 0 Å². The smallest absolute Gasteiger partial charge is 0.0659 e. The minimum absolute atomic E-state index is 0.312. The van der Waals surface area contributed by atoms with Gasteiger partial charge in [-0.05, 0) is 30.7 Å². The maximum atomic E-state index is 9.12. The predicted molar refractivity (Wildman–Crippen MR) is 67.1 cm³/mol. The van der Waals surface area contributed by atoms with Crippen LogP contribution in [0.15, 0.2) is 30.3 Å². The maximum absolute atomic E-state index is 9.12. The fraction of sp³-hybridized carbons (Fsp3) is 0.533. The lowest BCUT2D eigenvalue weighted by molar-refractivity contribution is 0.234. The van der Waals surface area contributed by atoms with Gasteiger partial charge in [0.15, 0.2) is 0 Å². The van der Waals surface area contributed by atoms with E-state index in [1.165, 1.54) is 18.4 Å². The van der Waals surface area contributed by atoms with Crippen LogP contribution in [0.2, 0.25) is 0 Å². The van der Waals surface area contributed by atoms with Crippen LogP contribution in [-0.4, -0.2) is 17.5 Å². The van der Waals surface area contributed by atoms with Crippen LogP contribution in [0.5, 0.6) is 0 Å². The molecule has 1 aliphatic carbocycles. The van der Waals surface area contributed by atoms with E-state index in [0.717, 1.165) is 25.6 Å². The highest BCUT2D eigenvalue weighted by molar-refractivity contribution is 5.15. The van der Waals surface area contributed by atoms with Gasteiger partial charge in [-0.15, -0.1) is 0 Å². The van der Waals surface area contributed by atoms with Gasteiger partial charge in [-0.25, -0.2) is 0 Å². The molecule has 1 aromatic carbocycles. The number of nitriles is 1. The Morgan fingerprint density at radius 3 is 2.82 bits per heavy atom. The van der Waals surface area contributed by atoms with Crippen molar-refractivity contribution in [3.63, 3.8) is 0 Å². The van der Waals surface area contributed by atoms with E-state index in [9.17, 15) is 0 Å². The molecule has 2 heteroatoms. The number of fused-ring (bicyclic) bond motifs is 2. The van der Waals surface area contributed by atoms with Crippen molar-refractivity contribution in [3.8, 4) is 6.07 Å². The van der Waals surface area contributed by atoms with Gasteiger partial charge in [-0.3, -0.25) is 4.90 Å². The lowest BCUT2D eigenvalue weighted by atomic mass is 9.81. The van der Waals surface area contributed by atoms with Crippen LogP contribution < -0.4 is 0 Å². The highest BCUT2D eigenvalue weighted by atomic mass is 15.2. The van der Waals surface area contributed by atoms with E-state index in [-0.39, 0.29) is 0 Å². The molecule has 17 heavy (non-hydrogen) atoms. The second-order valence-electron chi connectivity index (χ2n) is 5.38. The zero-order chi connectivity index (χ0) is 11.7. The number of hydrogen-bond donors (Lipinski definition) is 0. The number of hydrogen-bond acceptors (Lipinski definition) is 2. The molecule has 2 nitrogen and oxygen atoms in total. The van der Waals surface area contributed by atoms with Gasteiger partial charge < -0.3 is 0 Å². The highest BCUT2D eigenvalue weighted by Gasteiger charge is 2.40. The first-order valence-corrected chi connectivity index (χ1v) is 6.54. The summed E-state index contributed by atoms with van der Waals surface area (Å²) in [5, 5.41) is 9.12. The van der Waals surface area contributed by atoms with E-state index in [4.69, 9.17) is 5.26 Å². The summed E-state index contributed by atoms with van der Waals surface area (Å²) in [5.74, 6) is 0.939. The summed E-state index contributed by atoms with van der Waals surface area (Å²) in [5.41, 5.74) is 1.40. The topological polar surface area (TPSA) is 27.0 Å². The molecule has 2 fully saturated rings. The first-order valence-electron chi connectivity index (χ1n) is 6.54. The molecule has 1 saturated carbocycles. The molecule has 88 valence electrons. The third-order valence-corrected chi connectivity index (χ3v) is 4.33. The van der Waals surface area contributed by atoms with Crippen molar-refractivity contribution in [3.05, 3.63) is 35.9 Å². The van der Waals surface area contributed by atoms with Crippen molar-refractivity contribution in [1.29, 1.82) is 5.26 Å². The van der Waals surface area contributed by atoms with E-state index < -0.39 is 0 Å². The van der Waals surface area contributed by atoms with Gasteiger partial charge in [0.1, 0.15) is 0 Å². The minimum atomic E-state index is 0.312. The Hall–Kier alpha value is -1.33. The number of benzene rings is 1. The van der Waals surface area contributed by atoms with Crippen LogP contribution in [0.25, 0.3) is 0 Å². The summed E-state index contributed by atoms with van der Waals surface area (Å²) in [6.07, 6.45) is 3.56. The lowest BCUT2D eigenvalue weighted by Crippen LogP contribution is -2.28. The second kappa shape index (κ2) is 4.50. The minimum Gasteiger partial charge on any atom is -0.296 e. The van der Waals surface area contributed by atoms with Gasteiger partial charge in [0, 0.05) is 19.1 Å². The summed E-state index contributed by atoms with van der Waals surface area (Å²) in [6.45, 7) is 2.18. The molecule has 1 aromatic rings. The van der Waals surface area contributed by atoms with Crippen molar-refractivity contribution in [2.45, 2.75) is 31.8 Å². The molecular formula is C15H18N2. The zero-order valence-electron chi connectivity index (χ0n) is 10.0. The Balaban J connectivity index is 1.69. The Bertz CT molecular complexity index is 420. The largest absolute Gasteiger partial charge is 0.296 e. The van der Waals surface area contributed by atoms with Crippen molar-refractivity contribution in [2.24, 2.45) is 11.8 Å². The molecule has 1 heterocycles. The molecule has 3 rings (SSSR count). The first-order chi connectivity index (χ1) is 8.36. The van der Waals surface area contributed by atoms with Gasteiger partial charge in [-0.1, -0.05) is 30.3 Å². The molecule has 0 radical (unpaired) electrons. The van der Waals surface area contributed by atoms with E-state index in [2.05, 4.69) is 41.3 Å². The SMILES string of the molecule is N#C[C@H]1CC[C@H]2C[C@@H]1CN2Cc1ccccc1. The normalized spacial score (nSPS) is 32.3. The Morgan fingerprint density at radius 1 is 1.24 bits per heavy atom. The van der Waals surface area contributed by atoms with Crippen molar-refractivity contribution in [2.75, 3.05) is 6.54 Å². The molecule has 2 aliphatic rings. The molecule has 2 bridgehead atoms. The Labute approximate surface area is 103 Å². The van der Waals surface area contributed by atoms with Gasteiger partial charge in [0.05, 0.1) is 12.0 Å². The summed E-state index contributed by atoms with van der Waals surface area (Å²) in [4.78, 5) is 2.58. The molecule has 0 aromatic heterocycles. The van der Waals surface area contributed by atoms with E-state index in [0.29, 0.717) is 11.8 Å². The van der Waals surface area contributed by atoms with E-state index >= 15 is 0 Å².